The monoisotopic (exact) mass is 178 g/mol. The van der Waals surface area contributed by atoms with E-state index < -0.39 is 0 Å². The molecule has 0 aromatic heterocycles. The van der Waals surface area contributed by atoms with Crippen molar-refractivity contribution >= 4 is 11.6 Å². The largest absolute Gasteiger partial charge is 0.298 e. The van der Waals surface area contributed by atoms with Gasteiger partial charge in [-0.25, -0.2) is 0 Å². The van der Waals surface area contributed by atoms with Gasteiger partial charge in [-0.2, -0.15) is 0 Å². The summed E-state index contributed by atoms with van der Waals surface area (Å²) >= 11 is 0. The first kappa shape index (κ1) is 8.67. The topological polar surface area (TPSA) is 34.1 Å². The van der Waals surface area contributed by atoms with Crippen LogP contribution in [0, 0.1) is 11.3 Å². The molecule has 13 heavy (non-hydrogen) atoms. The second kappa shape index (κ2) is 2.53. The van der Waals surface area contributed by atoms with E-state index >= 15 is 0 Å². The molecule has 2 aliphatic rings. The molecule has 0 saturated heterocycles. The zero-order chi connectivity index (χ0) is 9.64. The lowest BCUT2D eigenvalue weighted by atomic mass is 9.75. The van der Waals surface area contributed by atoms with Crippen LogP contribution in [0.4, 0.5) is 0 Å². The summed E-state index contributed by atoms with van der Waals surface area (Å²) < 4.78 is 0. The molecule has 0 aromatic rings. The molecule has 1 saturated carbocycles. The molecule has 0 spiro atoms. The number of fused-ring (bicyclic) bond motifs is 1. The van der Waals surface area contributed by atoms with Crippen LogP contribution in [0.2, 0.25) is 0 Å². The molecule has 0 bridgehead atoms. The zero-order valence-electron chi connectivity index (χ0n) is 8.09. The maximum atomic E-state index is 11.8. The third-order valence-electron chi connectivity index (χ3n) is 3.43. The average Bonchev–Trinajstić information content (AvgIpc) is 2.29. The van der Waals surface area contributed by atoms with Gasteiger partial charge >= 0.3 is 0 Å². The molecule has 2 heteroatoms. The van der Waals surface area contributed by atoms with Crippen molar-refractivity contribution in [1.29, 1.82) is 0 Å². The Balaban J connectivity index is 2.44. The van der Waals surface area contributed by atoms with Crippen LogP contribution in [0.15, 0.2) is 11.6 Å². The Morgan fingerprint density at radius 2 is 2.15 bits per heavy atom. The van der Waals surface area contributed by atoms with Crippen molar-refractivity contribution in [3.8, 4) is 0 Å². The van der Waals surface area contributed by atoms with Gasteiger partial charge in [-0.3, -0.25) is 9.59 Å². The van der Waals surface area contributed by atoms with Gasteiger partial charge in [0.15, 0.2) is 5.78 Å². The standard InChI is InChI=1S/C11H14O2/c1-7-5-8-6-9(12)3-4-11(8,2)10(7)13/h6-7H,3-5H2,1-2H3. The van der Waals surface area contributed by atoms with Gasteiger partial charge in [0, 0.05) is 17.8 Å². The first-order chi connectivity index (χ1) is 6.04. The number of carbonyl (C=O) groups excluding carboxylic acids is 2. The quantitative estimate of drug-likeness (QED) is 0.567. The van der Waals surface area contributed by atoms with Crippen LogP contribution in [0.5, 0.6) is 0 Å². The van der Waals surface area contributed by atoms with E-state index in [2.05, 4.69) is 0 Å². The van der Waals surface area contributed by atoms with Crippen LogP contribution in [0.1, 0.15) is 33.1 Å². The van der Waals surface area contributed by atoms with Crippen molar-refractivity contribution in [2.45, 2.75) is 33.1 Å². The maximum absolute atomic E-state index is 11.8. The molecule has 0 amide bonds. The summed E-state index contributed by atoms with van der Waals surface area (Å²) in [6, 6.07) is 0. The van der Waals surface area contributed by atoms with E-state index in [-0.39, 0.29) is 17.1 Å². The van der Waals surface area contributed by atoms with Crippen molar-refractivity contribution in [2.24, 2.45) is 11.3 Å². The van der Waals surface area contributed by atoms with Crippen molar-refractivity contribution in [1.82, 2.24) is 0 Å². The Bertz CT molecular complexity index is 314. The molecule has 2 unspecified atom stereocenters. The maximum Gasteiger partial charge on any atom is 0.155 e. The summed E-state index contributed by atoms with van der Waals surface area (Å²) in [5.74, 6) is 0.628. The first-order valence-corrected chi connectivity index (χ1v) is 4.82. The molecular weight excluding hydrogens is 164 g/mol. The highest BCUT2D eigenvalue weighted by Gasteiger charge is 2.47. The highest BCUT2D eigenvalue weighted by molar-refractivity contribution is 6.00. The van der Waals surface area contributed by atoms with Gasteiger partial charge in [-0.1, -0.05) is 12.5 Å². The Labute approximate surface area is 78.0 Å². The van der Waals surface area contributed by atoms with E-state index in [0.29, 0.717) is 12.2 Å². The lowest BCUT2D eigenvalue weighted by Crippen LogP contribution is -2.29. The Hall–Kier alpha value is -0.920. The summed E-state index contributed by atoms with van der Waals surface area (Å²) in [4.78, 5) is 23.0. The summed E-state index contributed by atoms with van der Waals surface area (Å²) in [6.07, 6.45) is 3.76. The summed E-state index contributed by atoms with van der Waals surface area (Å²) in [5, 5.41) is 0. The summed E-state index contributed by atoms with van der Waals surface area (Å²) in [6.45, 7) is 3.94. The molecule has 2 rings (SSSR count). The van der Waals surface area contributed by atoms with E-state index in [4.69, 9.17) is 0 Å². The molecule has 2 aliphatic carbocycles. The van der Waals surface area contributed by atoms with E-state index in [1.807, 2.05) is 13.8 Å². The van der Waals surface area contributed by atoms with E-state index in [1.54, 1.807) is 6.08 Å². The van der Waals surface area contributed by atoms with E-state index in [1.165, 1.54) is 0 Å². The summed E-state index contributed by atoms with van der Waals surface area (Å²) in [7, 11) is 0. The number of hydrogen-bond acceptors (Lipinski definition) is 2. The molecule has 0 radical (unpaired) electrons. The number of carbonyl (C=O) groups is 2. The van der Waals surface area contributed by atoms with Gasteiger partial charge in [0.2, 0.25) is 0 Å². The Kier molecular flexibility index (Phi) is 1.69. The first-order valence-electron chi connectivity index (χ1n) is 4.82. The predicted molar refractivity (Wildman–Crippen MR) is 49.2 cm³/mol. The molecule has 2 nitrogen and oxygen atoms in total. The second-order valence-corrected chi connectivity index (χ2v) is 4.44. The van der Waals surface area contributed by atoms with Crippen LogP contribution in [-0.4, -0.2) is 11.6 Å². The minimum atomic E-state index is -0.298. The van der Waals surface area contributed by atoms with Crippen molar-refractivity contribution in [2.75, 3.05) is 0 Å². The molecule has 1 fully saturated rings. The van der Waals surface area contributed by atoms with Crippen molar-refractivity contribution < 1.29 is 9.59 Å². The van der Waals surface area contributed by atoms with Crippen LogP contribution in [0.25, 0.3) is 0 Å². The van der Waals surface area contributed by atoms with Gasteiger partial charge < -0.3 is 0 Å². The Morgan fingerprint density at radius 3 is 2.85 bits per heavy atom. The fourth-order valence-electron chi connectivity index (χ4n) is 2.49. The third-order valence-corrected chi connectivity index (χ3v) is 3.43. The normalized spacial score (nSPS) is 38.9. The minimum absolute atomic E-state index is 0.113. The fraction of sp³-hybridized carbons (Fsp3) is 0.636. The van der Waals surface area contributed by atoms with Gasteiger partial charge in [0.05, 0.1) is 0 Å². The molecule has 2 atom stereocenters. The number of hydrogen-bond donors (Lipinski definition) is 0. The van der Waals surface area contributed by atoms with Crippen LogP contribution in [-0.2, 0) is 9.59 Å². The molecule has 0 aromatic carbocycles. The molecule has 0 aliphatic heterocycles. The summed E-state index contributed by atoms with van der Waals surface area (Å²) in [5.41, 5.74) is 0.772. The van der Waals surface area contributed by atoms with Crippen molar-refractivity contribution in [3.63, 3.8) is 0 Å². The fourth-order valence-corrected chi connectivity index (χ4v) is 2.49. The lowest BCUT2D eigenvalue weighted by Gasteiger charge is -2.27. The number of Topliss-reactive ketones (excluding diaryl/α,β-unsaturated/α-hetero) is 1. The molecular formula is C11H14O2. The van der Waals surface area contributed by atoms with Gasteiger partial charge in [-0.15, -0.1) is 0 Å². The van der Waals surface area contributed by atoms with Gasteiger partial charge in [0.25, 0.3) is 0 Å². The predicted octanol–water partition coefficient (Wildman–Crippen LogP) is 1.89. The highest BCUT2D eigenvalue weighted by atomic mass is 16.1. The van der Waals surface area contributed by atoms with Gasteiger partial charge in [-0.05, 0) is 25.8 Å². The number of rotatable bonds is 0. The van der Waals surface area contributed by atoms with Crippen LogP contribution < -0.4 is 0 Å². The zero-order valence-corrected chi connectivity index (χ0v) is 8.09. The average molecular weight is 178 g/mol. The number of ketones is 2. The van der Waals surface area contributed by atoms with Gasteiger partial charge in [0.1, 0.15) is 5.78 Å². The lowest BCUT2D eigenvalue weighted by molar-refractivity contribution is -0.127. The Morgan fingerprint density at radius 1 is 1.46 bits per heavy atom. The minimum Gasteiger partial charge on any atom is -0.298 e. The number of allylic oxidation sites excluding steroid dienone is 2. The van der Waals surface area contributed by atoms with Crippen LogP contribution in [0.3, 0.4) is 0 Å². The molecule has 0 N–H and O–H groups in total. The third kappa shape index (κ3) is 1.08. The van der Waals surface area contributed by atoms with E-state index in [0.717, 1.165) is 18.4 Å². The highest BCUT2D eigenvalue weighted by Crippen LogP contribution is 2.47. The molecule has 70 valence electrons. The smallest absolute Gasteiger partial charge is 0.155 e. The second-order valence-electron chi connectivity index (χ2n) is 4.44. The van der Waals surface area contributed by atoms with E-state index in [9.17, 15) is 9.59 Å². The van der Waals surface area contributed by atoms with Crippen molar-refractivity contribution in [3.05, 3.63) is 11.6 Å². The molecule has 0 heterocycles. The SMILES string of the molecule is CC1CC2=CC(=O)CCC2(C)C1=O. The van der Waals surface area contributed by atoms with Crippen LogP contribution >= 0.6 is 0 Å².